The topological polar surface area (TPSA) is 79.6 Å². The summed E-state index contributed by atoms with van der Waals surface area (Å²) in [6.45, 7) is 5.86. The van der Waals surface area contributed by atoms with Crippen LogP contribution in [0.15, 0.2) is 59.9 Å². The molecule has 0 bridgehead atoms. The molecule has 4 rings (SSSR count). The summed E-state index contributed by atoms with van der Waals surface area (Å²) >= 11 is 0. The second-order valence-electron chi connectivity index (χ2n) is 8.58. The summed E-state index contributed by atoms with van der Waals surface area (Å²) in [5, 5.41) is 3.38. The monoisotopic (exact) mass is 567 g/mol. The van der Waals surface area contributed by atoms with E-state index in [0.717, 1.165) is 29.1 Å². The first-order chi connectivity index (χ1) is 14.8. The number of imidazole rings is 1. The summed E-state index contributed by atoms with van der Waals surface area (Å²) < 4.78 is 25.9. The number of para-hydroxylation sites is 2. The van der Waals surface area contributed by atoms with Gasteiger partial charge in [0.05, 0.1) is 27.9 Å². The van der Waals surface area contributed by atoms with Crippen molar-refractivity contribution >= 4 is 50.8 Å². The fraction of sp³-hybridized carbons (Fsp3) is 0.391. The number of halogens is 1. The first kappa shape index (κ1) is 24.5. The molecule has 1 aliphatic rings. The molecule has 0 amide bonds. The van der Waals surface area contributed by atoms with Crippen molar-refractivity contribution in [2.75, 3.05) is 25.9 Å². The summed E-state index contributed by atoms with van der Waals surface area (Å²) in [5.74, 6) is 0.884. The number of aliphatic imine (C=N–C) groups is 1. The van der Waals surface area contributed by atoms with Gasteiger partial charge in [0.2, 0.25) is 0 Å². The van der Waals surface area contributed by atoms with Gasteiger partial charge < -0.3 is 14.8 Å². The van der Waals surface area contributed by atoms with Crippen LogP contribution >= 0.6 is 24.0 Å². The van der Waals surface area contributed by atoms with E-state index in [1.165, 1.54) is 5.56 Å². The number of aromatic nitrogens is 2. The summed E-state index contributed by atoms with van der Waals surface area (Å²) in [6.07, 6.45) is 1.88. The minimum atomic E-state index is -3.07. The smallest absolute Gasteiger partial charge is 0.193 e. The van der Waals surface area contributed by atoms with Crippen LogP contribution in [-0.2, 0) is 22.9 Å². The average Bonchev–Trinajstić information content (AvgIpc) is 3.15. The second kappa shape index (κ2) is 9.78. The maximum atomic E-state index is 12.3. The van der Waals surface area contributed by atoms with E-state index in [1.54, 1.807) is 20.9 Å². The molecule has 1 aromatic heterocycles. The molecule has 0 atom stereocenters. The summed E-state index contributed by atoms with van der Waals surface area (Å²) in [6, 6.07) is 16.6. The molecule has 1 saturated heterocycles. The fourth-order valence-corrected chi connectivity index (χ4v) is 5.30. The van der Waals surface area contributed by atoms with E-state index in [2.05, 4.69) is 50.2 Å². The van der Waals surface area contributed by atoms with Crippen LogP contribution in [0.2, 0.25) is 0 Å². The quantitative estimate of drug-likeness (QED) is 0.298. The maximum Gasteiger partial charge on any atom is 0.193 e. The zero-order chi connectivity index (χ0) is 22.1. The van der Waals surface area contributed by atoms with Gasteiger partial charge in [0, 0.05) is 33.2 Å². The number of nitrogens with zero attached hydrogens (tertiary/aromatic N) is 4. The van der Waals surface area contributed by atoms with E-state index in [1.807, 2.05) is 29.4 Å². The van der Waals surface area contributed by atoms with Gasteiger partial charge in [0.25, 0.3) is 0 Å². The van der Waals surface area contributed by atoms with Gasteiger partial charge in [-0.05, 0) is 37.1 Å². The number of sulfone groups is 1. The third kappa shape index (κ3) is 5.09. The molecule has 1 N–H and O–H groups in total. The Labute approximate surface area is 206 Å². The van der Waals surface area contributed by atoms with Crippen LogP contribution in [0.3, 0.4) is 0 Å². The molecular weight excluding hydrogens is 537 g/mol. The van der Waals surface area contributed by atoms with Crippen molar-refractivity contribution in [1.82, 2.24) is 19.8 Å². The van der Waals surface area contributed by atoms with Crippen LogP contribution in [0.5, 0.6) is 0 Å². The van der Waals surface area contributed by atoms with Crippen molar-refractivity contribution in [2.45, 2.75) is 31.7 Å². The largest absolute Gasteiger partial charge is 0.352 e. The third-order valence-corrected chi connectivity index (χ3v) is 8.44. The summed E-state index contributed by atoms with van der Waals surface area (Å²) in [4.78, 5) is 10.8. The summed E-state index contributed by atoms with van der Waals surface area (Å²) in [5.41, 5.74) is 4.48. The molecule has 172 valence electrons. The Kier molecular flexibility index (Phi) is 7.49. The van der Waals surface area contributed by atoms with Crippen LogP contribution in [0.25, 0.3) is 11.0 Å². The highest BCUT2D eigenvalue weighted by atomic mass is 127. The van der Waals surface area contributed by atoms with E-state index in [-0.39, 0.29) is 29.7 Å². The zero-order valence-corrected chi connectivity index (χ0v) is 21.8. The number of hydrogen-bond acceptors (Lipinski definition) is 4. The van der Waals surface area contributed by atoms with Crippen molar-refractivity contribution in [1.29, 1.82) is 0 Å². The summed E-state index contributed by atoms with van der Waals surface area (Å²) in [7, 11) is -1.34. The van der Waals surface area contributed by atoms with Crippen LogP contribution in [-0.4, -0.2) is 59.5 Å². The van der Waals surface area contributed by atoms with E-state index in [9.17, 15) is 8.42 Å². The Bertz CT molecular complexity index is 1200. The Hall–Kier alpha value is -2.14. The molecular formula is C23H30IN5O2S. The zero-order valence-electron chi connectivity index (χ0n) is 18.7. The average molecular weight is 567 g/mol. The lowest BCUT2D eigenvalue weighted by atomic mass is 10.1. The molecule has 1 aliphatic heterocycles. The van der Waals surface area contributed by atoms with Crippen molar-refractivity contribution in [3.8, 4) is 0 Å². The standard InChI is InChI=1S/C23H29N5O2S.HI/c1-23(2)16-27(12-13-31(23,29)30)22(24-3)25-14-18-8-10-19(11-9-18)15-28-17-26-20-6-4-5-7-21(20)28;/h4-11,17H,12-16H2,1-3H3,(H,24,25);1H. The van der Waals surface area contributed by atoms with E-state index in [4.69, 9.17) is 0 Å². The number of rotatable bonds is 4. The molecule has 0 radical (unpaired) electrons. The second-order valence-corrected chi connectivity index (χ2v) is 11.3. The number of hydrogen-bond donors (Lipinski definition) is 1. The van der Waals surface area contributed by atoms with Gasteiger partial charge in [-0.15, -0.1) is 24.0 Å². The molecule has 1 fully saturated rings. The molecule has 32 heavy (non-hydrogen) atoms. The van der Waals surface area contributed by atoms with Gasteiger partial charge in [0.1, 0.15) is 0 Å². The molecule has 2 aromatic carbocycles. The SMILES string of the molecule is CN=C(NCc1ccc(Cn2cnc3ccccc32)cc1)N1CCS(=O)(=O)C(C)(C)C1.I. The molecule has 0 saturated carbocycles. The third-order valence-electron chi connectivity index (χ3n) is 5.91. The predicted octanol–water partition coefficient (Wildman–Crippen LogP) is 3.29. The van der Waals surface area contributed by atoms with Crippen molar-refractivity contribution in [3.05, 3.63) is 66.0 Å². The van der Waals surface area contributed by atoms with E-state index in [0.29, 0.717) is 19.6 Å². The highest BCUT2D eigenvalue weighted by Crippen LogP contribution is 2.23. The minimum absolute atomic E-state index is 0. The normalized spacial score (nSPS) is 17.7. The van der Waals surface area contributed by atoms with Gasteiger partial charge in [-0.2, -0.15) is 0 Å². The Morgan fingerprint density at radius 2 is 1.81 bits per heavy atom. The molecule has 3 aromatic rings. The number of guanidine groups is 1. The van der Waals surface area contributed by atoms with Gasteiger partial charge in [-0.25, -0.2) is 13.4 Å². The highest BCUT2D eigenvalue weighted by Gasteiger charge is 2.40. The lowest BCUT2D eigenvalue weighted by Gasteiger charge is -2.39. The molecule has 9 heteroatoms. The van der Waals surface area contributed by atoms with Gasteiger partial charge in [-0.1, -0.05) is 36.4 Å². The predicted molar refractivity (Wildman–Crippen MR) is 140 cm³/mol. The lowest BCUT2D eigenvalue weighted by Crippen LogP contribution is -2.57. The maximum absolute atomic E-state index is 12.3. The Balaban J connectivity index is 0.00000289. The van der Waals surface area contributed by atoms with Gasteiger partial charge in [-0.3, -0.25) is 4.99 Å². The molecule has 0 aliphatic carbocycles. The van der Waals surface area contributed by atoms with Crippen LogP contribution in [0.1, 0.15) is 25.0 Å². The first-order valence-corrected chi connectivity index (χ1v) is 12.1. The highest BCUT2D eigenvalue weighted by molar-refractivity contribution is 14.0. The van der Waals surface area contributed by atoms with Crippen molar-refractivity contribution < 1.29 is 8.42 Å². The Morgan fingerprint density at radius 3 is 2.50 bits per heavy atom. The minimum Gasteiger partial charge on any atom is -0.352 e. The number of benzene rings is 2. The number of fused-ring (bicyclic) bond motifs is 1. The fourth-order valence-electron chi connectivity index (χ4n) is 3.93. The van der Waals surface area contributed by atoms with Crippen molar-refractivity contribution in [3.63, 3.8) is 0 Å². The lowest BCUT2D eigenvalue weighted by molar-refractivity contribution is 0.353. The van der Waals surface area contributed by atoms with Crippen LogP contribution in [0, 0.1) is 0 Å². The molecule has 7 nitrogen and oxygen atoms in total. The van der Waals surface area contributed by atoms with Crippen LogP contribution < -0.4 is 5.32 Å². The Morgan fingerprint density at radius 1 is 1.12 bits per heavy atom. The molecule has 0 unspecified atom stereocenters. The van der Waals surface area contributed by atoms with Gasteiger partial charge >= 0.3 is 0 Å². The molecule has 0 spiro atoms. The number of nitrogens with one attached hydrogen (secondary N) is 1. The van der Waals surface area contributed by atoms with Gasteiger partial charge in [0.15, 0.2) is 15.8 Å². The van der Waals surface area contributed by atoms with E-state index >= 15 is 0 Å². The first-order valence-electron chi connectivity index (χ1n) is 10.4. The molecule has 2 heterocycles. The van der Waals surface area contributed by atoms with E-state index < -0.39 is 14.6 Å². The van der Waals surface area contributed by atoms with Crippen LogP contribution in [0.4, 0.5) is 0 Å². The van der Waals surface area contributed by atoms with Crippen molar-refractivity contribution in [2.24, 2.45) is 4.99 Å².